The maximum atomic E-state index is 5.79. The van der Waals surface area contributed by atoms with E-state index in [9.17, 15) is 0 Å². The van der Waals surface area contributed by atoms with Gasteiger partial charge in [-0.25, -0.2) is 0 Å². The normalized spacial score (nSPS) is 10.9. The molecular formula is C13H23N3. The Morgan fingerprint density at radius 2 is 1.88 bits per heavy atom. The number of unbranched alkanes of at least 4 members (excludes halogenated alkanes) is 1. The predicted molar refractivity (Wildman–Crippen MR) is 71.1 cm³/mol. The van der Waals surface area contributed by atoms with Crippen molar-refractivity contribution in [3.63, 3.8) is 0 Å². The third-order valence-electron chi connectivity index (χ3n) is 2.83. The SMILES string of the molecule is CCCCN(CC)Cc1ccc(N)c(N)c1. The maximum Gasteiger partial charge on any atom is 0.0551 e. The van der Waals surface area contributed by atoms with Gasteiger partial charge in [0.2, 0.25) is 0 Å². The second-order valence-corrected chi connectivity index (χ2v) is 4.19. The van der Waals surface area contributed by atoms with Crippen LogP contribution in [-0.2, 0) is 6.54 Å². The molecule has 0 aromatic heterocycles. The lowest BCUT2D eigenvalue weighted by Gasteiger charge is -2.20. The molecule has 0 saturated heterocycles. The third kappa shape index (κ3) is 3.74. The molecule has 0 aliphatic heterocycles. The highest BCUT2D eigenvalue weighted by Crippen LogP contribution is 2.17. The molecule has 0 heterocycles. The van der Waals surface area contributed by atoms with Crippen LogP contribution < -0.4 is 11.5 Å². The zero-order chi connectivity index (χ0) is 12.0. The fourth-order valence-corrected chi connectivity index (χ4v) is 1.71. The van der Waals surface area contributed by atoms with Gasteiger partial charge >= 0.3 is 0 Å². The van der Waals surface area contributed by atoms with Crippen LogP contribution in [0.5, 0.6) is 0 Å². The average Bonchev–Trinajstić information content (AvgIpc) is 2.29. The minimum absolute atomic E-state index is 0.667. The summed E-state index contributed by atoms with van der Waals surface area (Å²) in [6.45, 7) is 7.59. The molecule has 0 spiro atoms. The monoisotopic (exact) mass is 221 g/mol. The van der Waals surface area contributed by atoms with Gasteiger partial charge < -0.3 is 11.5 Å². The molecular weight excluding hydrogens is 198 g/mol. The Kier molecular flexibility index (Phi) is 5.12. The molecule has 90 valence electrons. The number of benzene rings is 1. The molecule has 0 radical (unpaired) electrons. The number of rotatable bonds is 6. The lowest BCUT2D eigenvalue weighted by atomic mass is 10.1. The van der Waals surface area contributed by atoms with Crippen molar-refractivity contribution in [3.05, 3.63) is 23.8 Å². The largest absolute Gasteiger partial charge is 0.397 e. The van der Waals surface area contributed by atoms with Crippen molar-refractivity contribution in [3.8, 4) is 0 Å². The van der Waals surface area contributed by atoms with Gasteiger partial charge in [-0.2, -0.15) is 0 Å². The van der Waals surface area contributed by atoms with Crippen LogP contribution in [0.2, 0.25) is 0 Å². The van der Waals surface area contributed by atoms with E-state index >= 15 is 0 Å². The lowest BCUT2D eigenvalue weighted by Crippen LogP contribution is -2.24. The predicted octanol–water partition coefficient (Wildman–Crippen LogP) is 2.47. The highest BCUT2D eigenvalue weighted by atomic mass is 15.1. The summed E-state index contributed by atoms with van der Waals surface area (Å²) < 4.78 is 0. The van der Waals surface area contributed by atoms with E-state index in [0.29, 0.717) is 11.4 Å². The Hall–Kier alpha value is -1.22. The van der Waals surface area contributed by atoms with Crippen molar-refractivity contribution in [1.82, 2.24) is 4.90 Å². The molecule has 0 unspecified atom stereocenters. The molecule has 0 aliphatic carbocycles. The van der Waals surface area contributed by atoms with E-state index in [0.717, 1.165) is 19.6 Å². The second kappa shape index (κ2) is 6.38. The minimum atomic E-state index is 0.667. The molecule has 0 saturated carbocycles. The molecule has 4 N–H and O–H groups in total. The van der Waals surface area contributed by atoms with Gasteiger partial charge in [-0.15, -0.1) is 0 Å². The van der Waals surface area contributed by atoms with Crippen molar-refractivity contribution in [2.45, 2.75) is 33.2 Å². The molecule has 1 rings (SSSR count). The highest BCUT2D eigenvalue weighted by molar-refractivity contribution is 5.63. The summed E-state index contributed by atoms with van der Waals surface area (Å²) in [5.74, 6) is 0. The van der Waals surface area contributed by atoms with Crippen molar-refractivity contribution in [1.29, 1.82) is 0 Å². The zero-order valence-electron chi connectivity index (χ0n) is 10.4. The molecule has 1 aromatic carbocycles. The number of hydrogen-bond acceptors (Lipinski definition) is 3. The van der Waals surface area contributed by atoms with E-state index in [1.54, 1.807) is 0 Å². The first kappa shape index (κ1) is 12.8. The molecule has 0 bridgehead atoms. The smallest absolute Gasteiger partial charge is 0.0551 e. The zero-order valence-corrected chi connectivity index (χ0v) is 10.4. The molecule has 0 fully saturated rings. The fourth-order valence-electron chi connectivity index (χ4n) is 1.71. The minimum Gasteiger partial charge on any atom is -0.397 e. The Bertz CT molecular complexity index is 323. The average molecular weight is 221 g/mol. The van der Waals surface area contributed by atoms with Crippen LogP contribution in [0.25, 0.3) is 0 Å². The molecule has 0 amide bonds. The summed E-state index contributed by atoms with van der Waals surface area (Å²) in [4.78, 5) is 2.43. The number of nitrogens with two attached hydrogens (primary N) is 2. The highest BCUT2D eigenvalue weighted by Gasteiger charge is 2.04. The van der Waals surface area contributed by atoms with E-state index in [-0.39, 0.29) is 0 Å². The van der Waals surface area contributed by atoms with Gasteiger partial charge in [-0.3, -0.25) is 4.90 Å². The van der Waals surface area contributed by atoms with Crippen LogP contribution in [-0.4, -0.2) is 18.0 Å². The molecule has 16 heavy (non-hydrogen) atoms. The summed E-state index contributed by atoms with van der Waals surface area (Å²) in [5.41, 5.74) is 14.1. The van der Waals surface area contributed by atoms with Crippen LogP contribution in [0.4, 0.5) is 11.4 Å². The molecule has 1 aromatic rings. The van der Waals surface area contributed by atoms with Crippen molar-refractivity contribution in [2.24, 2.45) is 0 Å². The number of nitrogen functional groups attached to an aromatic ring is 2. The molecule has 0 aliphatic rings. The van der Waals surface area contributed by atoms with Gasteiger partial charge in [-0.1, -0.05) is 26.3 Å². The van der Waals surface area contributed by atoms with E-state index in [4.69, 9.17) is 11.5 Å². The quantitative estimate of drug-likeness (QED) is 0.726. The molecule has 0 atom stereocenters. The van der Waals surface area contributed by atoms with Crippen LogP contribution in [0, 0.1) is 0 Å². The van der Waals surface area contributed by atoms with E-state index in [1.807, 2.05) is 12.1 Å². The first-order valence-electron chi connectivity index (χ1n) is 6.03. The van der Waals surface area contributed by atoms with Gasteiger partial charge in [0.25, 0.3) is 0 Å². The van der Waals surface area contributed by atoms with Gasteiger partial charge in [0, 0.05) is 6.54 Å². The lowest BCUT2D eigenvalue weighted by molar-refractivity contribution is 0.275. The van der Waals surface area contributed by atoms with Crippen molar-refractivity contribution < 1.29 is 0 Å². The summed E-state index contributed by atoms with van der Waals surface area (Å²) in [6.07, 6.45) is 2.48. The molecule has 3 heteroatoms. The Labute approximate surface area is 98.4 Å². The Morgan fingerprint density at radius 1 is 1.12 bits per heavy atom. The second-order valence-electron chi connectivity index (χ2n) is 4.19. The van der Waals surface area contributed by atoms with Crippen molar-refractivity contribution in [2.75, 3.05) is 24.6 Å². The standard InChI is InChI=1S/C13H23N3/c1-3-5-8-16(4-2)10-11-6-7-12(14)13(15)9-11/h6-7,9H,3-5,8,10,14-15H2,1-2H3. The number of nitrogens with zero attached hydrogens (tertiary/aromatic N) is 1. The Morgan fingerprint density at radius 3 is 2.44 bits per heavy atom. The van der Waals surface area contributed by atoms with Crippen LogP contribution in [0.1, 0.15) is 32.3 Å². The Balaban J connectivity index is 2.59. The van der Waals surface area contributed by atoms with Crippen LogP contribution >= 0.6 is 0 Å². The first-order valence-corrected chi connectivity index (χ1v) is 6.03. The van der Waals surface area contributed by atoms with Gasteiger partial charge in [0.15, 0.2) is 0 Å². The topological polar surface area (TPSA) is 55.3 Å². The maximum absolute atomic E-state index is 5.79. The van der Waals surface area contributed by atoms with Crippen molar-refractivity contribution >= 4 is 11.4 Å². The first-order chi connectivity index (χ1) is 7.67. The van der Waals surface area contributed by atoms with E-state index in [1.165, 1.54) is 18.4 Å². The van der Waals surface area contributed by atoms with E-state index < -0.39 is 0 Å². The summed E-state index contributed by atoms with van der Waals surface area (Å²) in [7, 11) is 0. The van der Waals surface area contributed by atoms with Crippen LogP contribution in [0.3, 0.4) is 0 Å². The summed E-state index contributed by atoms with van der Waals surface area (Å²) in [6, 6.07) is 5.92. The van der Waals surface area contributed by atoms with E-state index in [2.05, 4.69) is 24.8 Å². The molecule has 3 nitrogen and oxygen atoms in total. The summed E-state index contributed by atoms with van der Waals surface area (Å²) >= 11 is 0. The van der Waals surface area contributed by atoms with Gasteiger partial charge in [0.05, 0.1) is 11.4 Å². The summed E-state index contributed by atoms with van der Waals surface area (Å²) in [5, 5.41) is 0. The fraction of sp³-hybridized carbons (Fsp3) is 0.538. The van der Waals surface area contributed by atoms with Gasteiger partial charge in [0.1, 0.15) is 0 Å². The number of anilines is 2. The van der Waals surface area contributed by atoms with Crippen LogP contribution in [0.15, 0.2) is 18.2 Å². The number of hydrogen-bond donors (Lipinski definition) is 2. The third-order valence-corrected chi connectivity index (χ3v) is 2.83. The van der Waals surface area contributed by atoms with Gasteiger partial charge in [-0.05, 0) is 37.2 Å².